The number of hydrogen-bond donors (Lipinski definition) is 0. The molecule has 0 unspecified atom stereocenters. The average Bonchev–Trinajstić information content (AvgIpc) is 3.07. The van der Waals surface area contributed by atoms with Crippen LogP contribution in [0.5, 0.6) is 11.6 Å². The lowest BCUT2D eigenvalue weighted by atomic mass is 10.0. The molecule has 5 nitrogen and oxygen atoms in total. The van der Waals surface area contributed by atoms with Crippen LogP contribution in [0.25, 0.3) is 16.7 Å². The van der Waals surface area contributed by atoms with Gasteiger partial charge in [0.2, 0.25) is 5.88 Å². The maximum atomic E-state index is 6.23. The van der Waals surface area contributed by atoms with Crippen molar-refractivity contribution in [3.05, 3.63) is 71.7 Å². The summed E-state index contributed by atoms with van der Waals surface area (Å²) in [6.07, 6.45) is 3.28. The molecule has 0 N–H and O–H groups in total. The first kappa shape index (κ1) is 17.2. The van der Waals surface area contributed by atoms with Gasteiger partial charge in [0.1, 0.15) is 17.5 Å². The predicted octanol–water partition coefficient (Wildman–Crippen LogP) is 5.35. The first-order chi connectivity index (χ1) is 13.0. The van der Waals surface area contributed by atoms with Gasteiger partial charge in [-0.15, -0.1) is 0 Å². The molecule has 0 aliphatic rings. The fourth-order valence-corrected chi connectivity index (χ4v) is 3.09. The summed E-state index contributed by atoms with van der Waals surface area (Å²) in [6, 6.07) is 14.4. The van der Waals surface area contributed by atoms with Crippen LogP contribution < -0.4 is 4.74 Å². The zero-order valence-corrected chi connectivity index (χ0v) is 16.0. The fourth-order valence-electron chi connectivity index (χ4n) is 3.09. The normalized spacial score (nSPS) is 11.3. The molecule has 0 fully saturated rings. The largest absolute Gasteiger partial charge is 0.438 e. The van der Waals surface area contributed by atoms with E-state index in [4.69, 9.17) is 4.74 Å². The first-order valence-electron chi connectivity index (χ1n) is 9.07. The molecule has 27 heavy (non-hydrogen) atoms. The van der Waals surface area contributed by atoms with Gasteiger partial charge in [-0.25, -0.2) is 14.6 Å². The number of nitrogens with zero attached hydrogens (tertiary/aromatic N) is 4. The van der Waals surface area contributed by atoms with E-state index in [2.05, 4.69) is 67.0 Å². The van der Waals surface area contributed by atoms with Gasteiger partial charge in [-0.3, -0.25) is 0 Å². The van der Waals surface area contributed by atoms with Gasteiger partial charge in [0.15, 0.2) is 5.65 Å². The summed E-state index contributed by atoms with van der Waals surface area (Å²) >= 11 is 0. The highest BCUT2D eigenvalue weighted by molar-refractivity contribution is 5.81. The van der Waals surface area contributed by atoms with E-state index in [9.17, 15) is 0 Å². The molecule has 2 aromatic carbocycles. The number of rotatable bonds is 4. The second-order valence-corrected chi connectivity index (χ2v) is 7.11. The minimum atomic E-state index is 0.355. The molecular weight excluding hydrogens is 336 g/mol. The van der Waals surface area contributed by atoms with E-state index in [1.165, 1.54) is 11.9 Å². The van der Waals surface area contributed by atoms with Crippen molar-refractivity contribution in [3.8, 4) is 17.3 Å². The molecule has 0 spiro atoms. The quantitative estimate of drug-likeness (QED) is 0.493. The maximum Gasteiger partial charge on any atom is 0.233 e. The number of fused-ring (bicyclic) bond motifs is 1. The van der Waals surface area contributed by atoms with E-state index in [0.29, 0.717) is 11.8 Å². The van der Waals surface area contributed by atoms with Gasteiger partial charge in [-0.05, 0) is 49.1 Å². The van der Waals surface area contributed by atoms with Gasteiger partial charge < -0.3 is 4.74 Å². The number of aryl methyl sites for hydroxylation is 2. The highest BCUT2D eigenvalue weighted by atomic mass is 16.5. The summed E-state index contributed by atoms with van der Waals surface area (Å²) in [6.45, 7) is 8.43. The minimum absolute atomic E-state index is 0.355. The smallest absolute Gasteiger partial charge is 0.233 e. The van der Waals surface area contributed by atoms with Gasteiger partial charge in [0.05, 0.1) is 11.9 Å². The van der Waals surface area contributed by atoms with Crippen molar-refractivity contribution in [2.75, 3.05) is 0 Å². The van der Waals surface area contributed by atoms with E-state index in [1.54, 1.807) is 6.20 Å². The Hall–Kier alpha value is -3.21. The molecule has 4 aromatic rings. The Balaban J connectivity index is 1.79. The van der Waals surface area contributed by atoms with Crippen molar-refractivity contribution in [1.29, 1.82) is 0 Å². The SMILES string of the molecule is Cc1ccc(-n2ncc3c(Oc4cc(C)ccc4C(C)C)ncnc32)cc1. The molecule has 0 aliphatic heterocycles. The Morgan fingerprint density at radius 2 is 1.67 bits per heavy atom. The van der Waals surface area contributed by atoms with E-state index >= 15 is 0 Å². The summed E-state index contributed by atoms with van der Waals surface area (Å²) in [7, 11) is 0. The molecule has 2 heterocycles. The highest BCUT2D eigenvalue weighted by Gasteiger charge is 2.15. The molecule has 0 aliphatic carbocycles. The van der Waals surface area contributed by atoms with E-state index in [1.807, 2.05) is 22.9 Å². The Morgan fingerprint density at radius 3 is 2.41 bits per heavy atom. The summed E-state index contributed by atoms with van der Waals surface area (Å²) in [5, 5.41) is 5.29. The lowest BCUT2D eigenvalue weighted by Crippen LogP contribution is -1.99. The van der Waals surface area contributed by atoms with Crippen LogP contribution in [0, 0.1) is 13.8 Å². The summed E-state index contributed by atoms with van der Waals surface area (Å²) in [4.78, 5) is 8.79. The zero-order valence-electron chi connectivity index (χ0n) is 16.0. The standard InChI is InChI=1S/C22H22N4O/c1-14(2)18-10-7-16(4)11-20(18)27-22-19-12-25-26(21(19)23-13-24-22)17-8-5-15(3)6-9-17/h5-14H,1-4H3. The maximum absolute atomic E-state index is 6.23. The number of ether oxygens (including phenoxy) is 1. The number of aromatic nitrogens is 4. The Labute approximate surface area is 158 Å². The first-order valence-corrected chi connectivity index (χ1v) is 9.07. The third-order valence-electron chi connectivity index (χ3n) is 4.61. The summed E-state index contributed by atoms with van der Waals surface area (Å²) in [5.41, 5.74) is 5.18. The Morgan fingerprint density at radius 1 is 0.926 bits per heavy atom. The second-order valence-electron chi connectivity index (χ2n) is 7.11. The molecule has 0 bridgehead atoms. The van der Waals surface area contributed by atoms with Crippen molar-refractivity contribution in [1.82, 2.24) is 19.7 Å². The van der Waals surface area contributed by atoms with Gasteiger partial charge in [-0.1, -0.05) is 43.7 Å². The van der Waals surface area contributed by atoms with Crippen LogP contribution in [0.3, 0.4) is 0 Å². The lowest BCUT2D eigenvalue weighted by Gasteiger charge is -2.14. The van der Waals surface area contributed by atoms with Gasteiger partial charge in [0, 0.05) is 0 Å². The van der Waals surface area contributed by atoms with Crippen molar-refractivity contribution >= 4 is 11.0 Å². The van der Waals surface area contributed by atoms with Crippen molar-refractivity contribution in [2.24, 2.45) is 0 Å². The van der Waals surface area contributed by atoms with E-state index in [0.717, 1.165) is 33.6 Å². The Bertz CT molecular complexity index is 1100. The minimum Gasteiger partial charge on any atom is -0.438 e. The van der Waals surface area contributed by atoms with Gasteiger partial charge in [0.25, 0.3) is 0 Å². The third kappa shape index (κ3) is 3.28. The van der Waals surface area contributed by atoms with Crippen molar-refractivity contribution in [2.45, 2.75) is 33.6 Å². The molecule has 2 aromatic heterocycles. The second kappa shape index (κ2) is 6.83. The third-order valence-corrected chi connectivity index (χ3v) is 4.61. The fraction of sp³-hybridized carbons (Fsp3) is 0.227. The van der Waals surface area contributed by atoms with E-state index in [-0.39, 0.29) is 0 Å². The topological polar surface area (TPSA) is 52.8 Å². The molecule has 0 amide bonds. The molecule has 0 radical (unpaired) electrons. The van der Waals surface area contributed by atoms with Crippen LogP contribution in [-0.2, 0) is 0 Å². The van der Waals surface area contributed by atoms with Crippen LogP contribution in [0.1, 0.15) is 36.5 Å². The lowest BCUT2D eigenvalue weighted by molar-refractivity contribution is 0.459. The molecule has 5 heteroatoms. The summed E-state index contributed by atoms with van der Waals surface area (Å²) in [5.74, 6) is 1.70. The highest BCUT2D eigenvalue weighted by Crippen LogP contribution is 2.33. The monoisotopic (exact) mass is 358 g/mol. The van der Waals surface area contributed by atoms with Crippen LogP contribution in [-0.4, -0.2) is 19.7 Å². The van der Waals surface area contributed by atoms with Crippen LogP contribution in [0.4, 0.5) is 0 Å². The molecule has 136 valence electrons. The Kier molecular flexibility index (Phi) is 4.36. The predicted molar refractivity (Wildman–Crippen MR) is 107 cm³/mol. The number of benzene rings is 2. The molecular formula is C22H22N4O. The van der Waals surface area contributed by atoms with Crippen molar-refractivity contribution < 1.29 is 4.74 Å². The molecule has 4 rings (SSSR count). The van der Waals surface area contributed by atoms with Crippen LogP contribution in [0.15, 0.2) is 55.0 Å². The molecule has 0 atom stereocenters. The van der Waals surface area contributed by atoms with Crippen LogP contribution >= 0.6 is 0 Å². The van der Waals surface area contributed by atoms with Crippen LogP contribution in [0.2, 0.25) is 0 Å². The van der Waals surface area contributed by atoms with E-state index < -0.39 is 0 Å². The average molecular weight is 358 g/mol. The molecule has 0 saturated carbocycles. The number of hydrogen-bond acceptors (Lipinski definition) is 4. The van der Waals surface area contributed by atoms with Gasteiger partial charge in [-0.2, -0.15) is 5.10 Å². The molecule has 0 saturated heterocycles. The van der Waals surface area contributed by atoms with Gasteiger partial charge >= 0.3 is 0 Å². The van der Waals surface area contributed by atoms with Crippen molar-refractivity contribution in [3.63, 3.8) is 0 Å². The summed E-state index contributed by atoms with van der Waals surface area (Å²) < 4.78 is 8.04. The zero-order chi connectivity index (χ0) is 19.0.